The van der Waals surface area contributed by atoms with E-state index in [1.54, 1.807) is 0 Å². The van der Waals surface area contributed by atoms with Gasteiger partial charge in [0.05, 0.1) is 12.2 Å². The van der Waals surface area contributed by atoms with Crippen molar-refractivity contribution in [3.05, 3.63) is 17.7 Å². The summed E-state index contributed by atoms with van der Waals surface area (Å²) in [5.41, 5.74) is 7.23. The van der Waals surface area contributed by atoms with E-state index in [1.165, 1.54) is 31.2 Å². The van der Waals surface area contributed by atoms with E-state index in [2.05, 4.69) is 35.1 Å². The fraction of sp³-hybridized carbons (Fsp3) is 0.706. The van der Waals surface area contributed by atoms with Gasteiger partial charge < -0.3 is 15.8 Å². The van der Waals surface area contributed by atoms with Crippen LogP contribution >= 0.6 is 0 Å². The molecule has 5 heteroatoms. The summed E-state index contributed by atoms with van der Waals surface area (Å²) in [6.45, 7) is 7.12. The molecule has 0 unspecified atom stereocenters. The zero-order valence-electron chi connectivity index (χ0n) is 13.7. The van der Waals surface area contributed by atoms with Crippen LogP contribution in [-0.2, 0) is 11.3 Å². The Morgan fingerprint density at radius 2 is 1.91 bits per heavy atom. The highest BCUT2D eigenvalue weighted by Gasteiger charge is 2.22. The largest absolute Gasteiger partial charge is 0.384 e. The van der Waals surface area contributed by atoms with Crippen LogP contribution in [-0.4, -0.2) is 41.2 Å². The predicted octanol–water partition coefficient (Wildman–Crippen LogP) is 2.63. The Bertz CT molecular complexity index is 491. The van der Waals surface area contributed by atoms with Crippen LogP contribution in [0.25, 0.3) is 0 Å². The van der Waals surface area contributed by atoms with Gasteiger partial charge in [0.2, 0.25) is 0 Å². The van der Waals surface area contributed by atoms with Gasteiger partial charge in [-0.15, -0.1) is 0 Å². The lowest BCUT2D eigenvalue weighted by Gasteiger charge is -2.35. The molecule has 2 atom stereocenters. The fourth-order valence-corrected chi connectivity index (χ4v) is 3.73. The van der Waals surface area contributed by atoms with Crippen LogP contribution in [0.2, 0.25) is 0 Å². The van der Waals surface area contributed by atoms with Crippen molar-refractivity contribution >= 4 is 11.6 Å². The molecule has 3 N–H and O–H groups in total. The molecular weight excluding hydrogens is 276 g/mol. The highest BCUT2D eigenvalue weighted by Crippen LogP contribution is 2.23. The van der Waals surface area contributed by atoms with E-state index >= 15 is 0 Å². The first-order valence-corrected chi connectivity index (χ1v) is 8.49. The first kappa shape index (κ1) is 15.6. The third-order valence-electron chi connectivity index (χ3n) is 4.51. The van der Waals surface area contributed by atoms with Crippen LogP contribution in [0.1, 0.15) is 45.1 Å². The summed E-state index contributed by atoms with van der Waals surface area (Å²) >= 11 is 0. The fourth-order valence-electron chi connectivity index (χ4n) is 3.73. The molecule has 0 spiro atoms. The first-order valence-electron chi connectivity index (χ1n) is 8.49. The standard InChI is InChI=1S/C17H28N4O/c1-12-9-21(10-13(2)22-12)11-14-7-16(18)20-17(8-14)19-15-5-3-4-6-15/h7-8,12-13,15H,3-6,9-11H2,1-2H3,(H3,18,19,20)/t12-,13+. The zero-order chi connectivity index (χ0) is 15.5. The molecular formula is C17H28N4O. The molecule has 3 rings (SSSR count). The smallest absolute Gasteiger partial charge is 0.128 e. The Hall–Kier alpha value is -1.33. The minimum atomic E-state index is 0.291. The number of nitrogen functional groups attached to an aromatic ring is 1. The van der Waals surface area contributed by atoms with Gasteiger partial charge in [0.1, 0.15) is 11.6 Å². The summed E-state index contributed by atoms with van der Waals surface area (Å²) in [7, 11) is 0. The molecule has 2 aliphatic rings. The lowest BCUT2D eigenvalue weighted by molar-refractivity contribution is -0.0704. The van der Waals surface area contributed by atoms with Crippen LogP contribution in [0.5, 0.6) is 0 Å². The maximum Gasteiger partial charge on any atom is 0.128 e. The Morgan fingerprint density at radius 1 is 1.23 bits per heavy atom. The van der Waals surface area contributed by atoms with Gasteiger partial charge >= 0.3 is 0 Å². The van der Waals surface area contributed by atoms with Gasteiger partial charge in [0.15, 0.2) is 0 Å². The predicted molar refractivity (Wildman–Crippen MR) is 89.8 cm³/mol. The molecule has 2 heterocycles. The number of aromatic nitrogens is 1. The molecule has 22 heavy (non-hydrogen) atoms. The monoisotopic (exact) mass is 304 g/mol. The topological polar surface area (TPSA) is 63.4 Å². The van der Waals surface area contributed by atoms with E-state index in [-0.39, 0.29) is 0 Å². The number of nitrogens with two attached hydrogens (primary N) is 1. The Morgan fingerprint density at radius 3 is 2.59 bits per heavy atom. The summed E-state index contributed by atoms with van der Waals surface area (Å²) in [5.74, 6) is 1.53. The Labute approximate surface area is 133 Å². The van der Waals surface area contributed by atoms with Crippen molar-refractivity contribution in [2.45, 2.75) is 64.3 Å². The average Bonchev–Trinajstić information content (AvgIpc) is 2.89. The summed E-state index contributed by atoms with van der Waals surface area (Å²) in [5, 5.41) is 3.54. The first-order chi connectivity index (χ1) is 10.6. The molecule has 1 aliphatic carbocycles. The van der Waals surface area contributed by atoms with Crippen LogP contribution in [0, 0.1) is 0 Å². The van der Waals surface area contributed by atoms with Crippen LogP contribution in [0.4, 0.5) is 11.6 Å². The maximum absolute atomic E-state index is 6.00. The number of hydrogen-bond donors (Lipinski definition) is 2. The van der Waals surface area contributed by atoms with Gasteiger partial charge in [-0.1, -0.05) is 12.8 Å². The Balaban J connectivity index is 1.66. The van der Waals surface area contributed by atoms with Gasteiger partial charge in [-0.05, 0) is 44.4 Å². The number of anilines is 2. The van der Waals surface area contributed by atoms with E-state index < -0.39 is 0 Å². The molecule has 0 radical (unpaired) electrons. The molecule has 122 valence electrons. The minimum Gasteiger partial charge on any atom is -0.384 e. The average molecular weight is 304 g/mol. The van der Waals surface area contributed by atoms with Crippen molar-refractivity contribution in [1.82, 2.24) is 9.88 Å². The third kappa shape index (κ3) is 4.11. The minimum absolute atomic E-state index is 0.291. The normalized spacial score (nSPS) is 27.2. The van der Waals surface area contributed by atoms with Crippen molar-refractivity contribution in [3.63, 3.8) is 0 Å². The number of morpholine rings is 1. The van der Waals surface area contributed by atoms with Gasteiger partial charge in [0, 0.05) is 25.7 Å². The summed E-state index contributed by atoms with van der Waals surface area (Å²) < 4.78 is 5.80. The molecule has 1 aliphatic heterocycles. The molecule has 1 aromatic rings. The highest BCUT2D eigenvalue weighted by molar-refractivity contribution is 5.47. The quantitative estimate of drug-likeness (QED) is 0.895. The van der Waals surface area contributed by atoms with Crippen molar-refractivity contribution in [2.24, 2.45) is 0 Å². The van der Waals surface area contributed by atoms with Gasteiger partial charge in [-0.25, -0.2) is 4.98 Å². The lowest BCUT2D eigenvalue weighted by Crippen LogP contribution is -2.44. The highest BCUT2D eigenvalue weighted by atomic mass is 16.5. The lowest BCUT2D eigenvalue weighted by atomic mass is 10.1. The second-order valence-electron chi connectivity index (χ2n) is 6.86. The van der Waals surface area contributed by atoms with Crippen LogP contribution in [0.3, 0.4) is 0 Å². The van der Waals surface area contributed by atoms with Crippen molar-refractivity contribution in [1.29, 1.82) is 0 Å². The second-order valence-corrected chi connectivity index (χ2v) is 6.86. The number of pyridine rings is 1. The second kappa shape index (κ2) is 6.84. The molecule has 2 fully saturated rings. The van der Waals surface area contributed by atoms with Crippen molar-refractivity contribution < 1.29 is 4.74 Å². The number of rotatable bonds is 4. The van der Waals surface area contributed by atoms with E-state index in [4.69, 9.17) is 10.5 Å². The van der Waals surface area contributed by atoms with E-state index in [9.17, 15) is 0 Å². The van der Waals surface area contributed by atoms with E-state index in [0.717, 1.165) is 25.5 Å². The molecule has 5 nitrogen and oxygen atoms in total. The third-order valence-corrected chi connectivity index (χ3v) is 4.51. The van der Waals surface area contributed by atoms with Crippen LogP contribution in [0.15, 0.2) is 12.1 Å². The van der Waals surface area contributed by atoms with Crippen LogP contribution < -0.4 is 11.1 Å². The molecule has 1 saturated heterocycles. The maximum atomic E-state index is 6.00. The number of nitrogens with one attached hydrogen (secondary N) is 1. The SMILES string of the molecule is C[C@@H]1CN(Cc2cc(N)nc(NC3CCCC3)c2)C[C@H](C)O1. The zero-order valence-corrected chi connectivity index (χ0v) is 13.7. The molecule has 0 amide bonds. The molecule has 0 aromatic carbocycles. The van der Waals surface area contributed by atoms with Crippen molar-refractivity contribution in [3.8, 4) is 0 Å². The summed E-state index contributed by atoms with van der Waals surface area (Å²) in [6, 6.07) is 4.70. The molecule has 0 bridgehead atoms. The molecule has 1 aromatic heterocycles. The van der Waals surface area contributed by atoms with Gasteiger partial charge in [0.25, 0.3) is 0 Å². The number of ether oxygens (including phenoxy) is 1. The summed E-state index contributed by atoms with van der Waals surface area (Å²) in [6.07, 6.45) is 5.69. The van der Waals surface area contributed by atoms with Gasteiger partial charge in [-0.3, -0.25) is 4.90 Å². The van der Waals surface area contributed by atoms with Gasteiger partial charge in [-0.2, -0.15) is 0 Å². The summed E-state index contributed by atoms with van der Waals surface area (Å²) in [4.78, 5) is 6.88. The van der Waals surface area contributed by atoms with E-state index in [0.29, 0.717) is 24.1 Å². The Kier molecular flexibility index (Phi) is 4.84. The van der Waals surface area contributed by atoms with E-state index in [1.807, 2.05) is 6.07 Å². The number of hydrogen-bond acceptors (Lipinski definition) is 5. The molecule has 1 saturated carbocycles. The van der Waals surface area contributed by atoms with Crippen molar-refractivity contribution in [2.75, 3.05) is 24.1 Å². The number of nitrogens with zero attached hydrogens (tertiary/aromatic N) is 2.